The maximum atomic E-state index is 6.25. The molecule has 0 aliphatic rings. The van der Waals surface area contributed by atoms with Gasteiger partial charge in [-0.2, -0.15) is 0 Å². The molecule has 1 unspecified atom stereocenters. The van der Waals surface area contributed by atoms with E-state index in [1.807, 2.05) is 30.5 Å². The molecule has 5 heteroatoms. The van der Waals surface area contributed by atoms with Crippen molar-refractivity contribution >= 4 is 22.9 Å². The molecule has 0 radical (unpaired) electrons. The molecule has 3 nitrogen and oxygen atoms in total. The normalized spacial score (nSPS) is 12.7. The highest BCUT2D eigenvalue weighted by Crippen LogP contribution is 2.30. The van der Waals surface area contributed by atoms with Gasteiger partial charge in [-0.05, 0) is 25.0 Å². The Kier molecular flexibility index (Phi) is 5.62. The second-order valence-corrected chi connectivity index (χ2v) is 6.83. The number of aromatic nitrogens is 1. The van der Waals surface area contributed by atoms with E-state index in [9.17, 15) is 0 Å². The Balaban J connectivity index is 2.11. The molecular weight excluding hydrogens is 304 g/mol. The first-order chi connectivity index (χ1) is 9.97. The van der Waals surface area contributed by atoms with Gasteiger partial charge in [0.1, 0.15) is 12.4 Å². The smallest absolute Gasteiger partial charge is 0.141 e. The molecule has 0 fully saturated rings. The van der Waals surface area contributed by atoms with Crippen LogP contribution in [-0.2, 0) is 13.0 Å². The molecule has 1 aromatic heterocycles. The standard InChI is InChI=1S/C16H21ClN2OS/c1-10(2)16-19-13(9-21-16)8-20-15-12(7-11(3)18)5-4-6-14(15)17/h4-6,9-11H,7-8,18H2,1-3H3. The van der Waals surface area contributed by atoms with Crippen LogP contribution in [0.1, 0.15) is 43.0 Å². The fraction of sp³-hybridized carbons (Fsp3) is 0.438. The first kappa shape index (κ1) is 16.3. The molecule has 0 aliphatic carbocycles. The largest absolute Gasteiger partial charge is 0.485 e. The summed E-state index contributed by atoms with van der Waals surface area (Å²) in [7, 11) is 0. The quantitative estimate of drug-likeness (QED) is 0.857. The maximum Gasteiger partial charge on any atom is 0.141 e. The summed E-state index contributed by atoms with van der Waals surface area (Å²) >= 11 is 7.92. The zero-order valence-corrected chi connectivity index (χ0v) is 14.2. The number of ether oxygens (including phenoxy) is 1. The summed E-state index contributed by atoms with van der Waals surface area (Å²) in [5, 5.41) is 3.79. The molecule has 2 N–H and O–H groups in total. The number of hydrogen-bond donors (Lipinski definition) is 1. The minimum atomic E-state index is 0.0673. The van der Waals surface area contributed by atoms with Gasteiger partial charge in [0.2, 0.25) is 0 Å². The van der Waals surface area contributed by atoms with Gasteiger partial charge in [0, 0.05) is 17.3 Å². The third kappa shape index (κ3) is 4.43. The van der Waals surface area contributed by atoms with Crippen LogP contribution in [0.3, 0.4) is 0 Å². The van der Waals surface area contributed by atoms with Crippen LogP contribution in [0.15, 0.2) is 23.6 Å². The number of rotatable bonds is 6. The van der Waals surface area contributed by atoms with Gasteiger partial charge in [0.25, 0.3) is 0 Å². The minimum Gasteiger partial charge on any atom is -0.485 e. The first-order valence-electron chi connectivity index (χ1n) is 7.07. The first-order valence-corrected chi connectivity index (χ1v) is 8.33. The van der Waals surface area contributed by atoms with Crippen molar-refractivity contribution in [2.24, 2.45) is 5.73 Å². The van der Waals surface area contributed by atoms with Crippen molar-refractivity contribution < 1.29 is 4.74 Å². The molecule has 1 atom stereocenters. The van der Waals surface area contributed by atoms with Gasteiger partial charge in [-0.15, -0.1) is 11.3 Å². The van der Waals surface area contributed by atoms with E-state index in [1.165, 1.54) is 0 Å². The lowest BCUT2D eigenvalue weighted by molar-refractivity contribution is 0.298. The summed E-state index contributed by atoms with van der Waals surface area (Å²) in [5.41, 5.74) is 7.86. The number of nitrogens with two attached hydrogens (primary N) is 1. The fourth-order valence-corrected chi connectivity index (χ4v) is 3.09. The van der Waals surface area contributed by atoms with Gasteiger partial charge < -0.3 is 10.5 Å². The Morgan fingerprint density at radius 1 is 1.33 bits per heavy atom. The van der Waals surface area contributed by atoms with Crippen LogP contribution in [0.2, 0.25) is 5.02 Å². The van der Waals surface area contributed by atoms with Crippen molar-refractivity contribution in [2.75, 3.05) is 0 Å². The van der Waals surface area contributed by atoms with Gasteiger partial charge in [0.05, 0.1) is 15.7 Å². The van der Waals surface area contributed by atoms with Crippen LogP contribution in [0, 0.1) is 0 Å². The third-order valence-corrected chi connectivity index (χ3v) is 4.51. The van der Waals surface area contributed by atoms with E-state index >= 15 is 0 Å². The summed E-state index contributed by atoms with van der Waals surface area (Å²) in [4.78, 5) is 4.57. The van der Waals surface area contributed by atoms with Gasteiger partial charge in [-0.1, -0.05) is 37.6 Å². The van der Waals surface area contributed by atoms with Gasteiger partial charge in [-0.3, -0.25) is 0 Å². The Hall–Kier alpha value is -1.10. The second-order valence-electron chi connectivity index (χ2n) is 5.53. The predicted molar refractivity (Wildman–Crippen MR) is 89.3 cm³/mol. The lowest BCUT2D eigenvalue weighted by atomic mass is 10.1. The average molecular weight is 325 g/mol. The van der Waals surface area contributed by atoms with Crippen LogP contribution in [0.4, 0.5) is 0 Å². The van der Waals surface area contributed by atoms with Crippen LogP contribution in [0.25, 0.3) is 0 Å². The van der Waals surface area contributed by atoms with E-state index in [4.69, 9.17) is 22.1 Å². The van der Waals surface area contributed by atoms with Crippen LogP contribution in [-0.4, -0.2) is 11.0 Å². The van der Waals surface area contributed by atoms with Gasteiger partial charge >= 0.3 is 0 Å². The molecule has 21 heavy (non-hydrogen) atoms. The molecule has 2 aromatic rings. The Morgan fingerprint density at radius 2 is 2.10 bits per heavy atom. The Bertz CT molecular complexity index is 596. The van der Waals surface area contributed by atoms with Crippen molar-refractivity contribution in [3.8, 4) is 5.75 Å². The summed E-state index contributed by atoms with van der Waals surface area (Å²) in [5.74, 6) is 1.16. The van der Waals surface area contributed by atoms with E-state index in [1.54, 1.807) is 11.3 Å². The molecule has 0 bridgehead atoms. The second kappa shape index (κ2) is 7.25. The minimum absolute atomic E-state index is 0.0673. The molecule has 0 aliphatic heterocycles. The number of para-hydroxylation sites is 1. The monoisotopic (exact) mass is 324 g/mol. The molecule has 0 amide bonds. The van der Waals surface area contributed by atoms with Gasteiger partial charge in [0.15, 0.2) is 0 Å². The third-order valence-electron chi connectivity index (χ3n) is 3.02. The van der Waals surface area contributed by atoms with E-state index in [0.717, 1.165) is 28.4 Å². The highest BCUT2D eigenvalue weighted by molar-refractivity contribution is 7.09. The molecule has 1 heterocycles. The zero-order chi connectivity index (χ0) is 15.4. The number of nitrogens with zero attached hydrogens (tertiary/aromatic N) is 1. The lowest BCUT2D eigenvalue weighted by Gasteiger charge is -2.14. The van der Waals surface area contributed by atoms with E-state index < -0.39 is 0 Å². The van der Waals surface area contributed by atoms with Crippen molar-refractivity contribution in [3.63, 3.8) is 0 Å². The summed E-state index contributed by atoms with van der Waals surface area (Å²) in [6.45, 7) is 6.68. The van der Waals surface area contributed by atoms with Crippen molar-refractivity contribution in [3.05, 3.63) is 44.9 Å². The fourth-order valence-electron chi connectivity index (χ4n) is 2.02. The van der Waals surface area contributed by atoms with Crippen LogP contribution >= 0.6 is 22.9 Å². The zero-order valence-electron chi connectivity index (χ0n) is 12.6. The predicted octanol–water partition coefficient (Wildman–Crippen LogP) is 4.39. The molecule has 1 aromatic carbocycles. The van der Waals surface area contributed by atoms with Crippen molar-refractivity contribution in [1.29, 1.82) is 0 Å². The summed E-state index contributed by atoms with van der Waals surface area (Å²) in [6.07, 6.45) is 0.740. The topological polar surface area (TPSA) is 48.1 Å². The maximum absolute atomic E-state index is 6.25. The molecular formula is C16H21ClN2OS. The molecule has 0 saturated carbocycles. The summed E-state index contributed by atoms with van der Waals surface area (Å²) in [6, 6.07) is 5.83. The van der Waals surface area contributed by atoms with Gasteiger partial charge in [-0.25, -0.2) is 4.98 Å². The van der Waals surface area contributed by atoms with Crippen LogP contribution in [0.5, 0.6) is 5.75 Å². The Morgan fingerprint density at radius 3 is 2.71 bits per heavy atom. The number of halogens is 1. The number of hydrogen-bond acceptors (Lipinski definition) is 4. The Labute approximate surface area is 135 Å². The van der Waals surface area contributed by atoms with Crippen LogP contribution < -0.4 is 10.5 Å². The highest BCUT2D eigenvalue weighted by Gasteiger charge is 2.12. The molecule has 114 valence electrons. The lowest BCUT2D eigenvalue weighted by Crippen LogP contribution is -2.18. The number of benzene rings is 1. The SMILES string of the molecule is CC(N)Cc1cccc(Cl)c1OCc1csc(C(C)C)n1. The van der Waals surface area contributed by atoms with E-state index in [0.29, 0.717) is 17.5 Å². The molecule has 0 saturated heterocycles. The number of thiazole rings is 1. The van der Waals surface area contributed by atoms with E-state index in [2.05, 4.69) is 18.8 Å². The van der Waals surface area contributed by atoms with Crippen molar-refractivity contribution in [2.45, 2.75) is 45.8 Å². The van der Waals surface area contributed by atoms with Crippen molar-refractivity contribution in [1.82, 2.24) is 4.98 Å². The highest BCUT2D eigenvalue weighted by atomic mass is 35.5. The summed E-state index contributed by atoms with van der Waals surface area (Å²) < 4.78 is 5.90. The van der Waals surface area contributed by atoms with E-state index in [-0.39, 0.29) is 6.04 Å². The average Bonchev–Trinajstić information content (AvgIpc) is 2.86. The molecule has 0 spiro atoms. The molecule has 2 rings (SSSR count).